The van der Waals surface area contributed by atoms with Crippen LogP contribution in [-0.4, -0.2) is 70.1 Å². The number of guanidine groups is 1. The molecule has 2 aliphatic rings. The molecular weight excluding hydrogens is 386 g/mol. The summed E-state index contributed by atoms with van der Waals surface area (Å²) >= 11 is 0. The number of carbonyl (C=O) groups is 1. The SMILES string of the molecule is CCNC(=NCCCn1nc2n(c1=O)CCCC2)NC1CCN(C(=O)OCC)CC1. The number of nitrogens with zero attached hydrogens (tertiary/aromatic N) is 5. The van der Waals surface area contributed by atoms with Crippen molar-refractivity contribution in [1.29, 1.82) is 0 Å². The maximum atomic E-state index is 12.4. The molecule has 0 radical (unpaired) electrons. The lowest BCUT2D eigenvalue weighted by Gasteiger charge is -2.32. The van der Waals surface area contributed by atoms with Crippen LogP contribution in [0.3, 0.4) is 0 Å². The van der Waals surface area contributed by atoms with Crippen LogP contribution in [0.2, 0.25) is 0 Å². The number of hydrogen-bond acceptors (Lipinski definition) is 5. The summed E-state index contributed by atoms with van der Waals surface area (Å²) in [5.74, 6) is 1.70. The van der Waals surface area contributed by atoms with E-state index in [1.54, 1.807) is 14.1 Å². The molecule has 2 N–H and O–H groups in total. The number of piperidine rings is 1. The molecule has 0 unspecified atom stereocenters. The molecule has 1 aromatic heterocycles. The van der Waals surface area contributed by atoms with Gasteiger partial charge in [0.1, 0.15) is 5.82 Å². The Morgan fingerprint density at radius 2 is 2.03 bits per heavy atom. The van der Waals surface area contributed by atoms with E-state index in [1.807, 2.05) is 13.8 Å². The van der Waals surface area contributed by atoms with Gasteiger partial charge in [0, 0.05) is 51.7 Å². The maximum absolute atomic E-state index is 12.4. The van der Waals surface area contributed by atoms with Gasteiger partial charge in [-0.3, -0.25) is 9.56 Å². The second-order valence-electron chi connectivity index (χ2n) is 7.75. The van der Waals surface area contributed by atoms with E-state index in [0.717, 1.165) is 63.4 Å². The molecular formula is C20H35N7O3. The highest BCUT2D eigenvalue weighted by Crippen LogP contribution is 2.12. The number of aryl methyl sites for hydroxylation is 2. The van der Waals surface area contributed by atoms with E-state index in [-0.39, 0.29) is 17.8 Å². The molecule has 0 saturated carbocycles. The van der Waals surface area contributed by atoms with Crippen LogP contribution < -0.4 is 16.3 Å². The van der Waals surface area contributed by atoms with E-state index in [4.69, 9.17) is 4.74 Å². The van der Waals surface area contributed by atoms with Gasteiger partial charge >= 0.3 is 11.8 Å². The largest absolute Gasteiger partial charge is 0.450 e. The number of rotatable bonds is 7. The van der Waals surface area contributed by atoms with Crippen LogP contribution in [0, 0.1) is 0 Å². The van der Waals surface area contributed by atoms with Crippen molar-refractivity contribution in [3.8, 4) is 0 Å². The number of likely N-dealkylation sites (tertiary alicyclic amines) is 1. The summed E-state index contributed by atoms with van der Waals surface area (Å²) in [6, 6.07) is 0.274. The Morgan fingerprint density at radius 1 is 1.23 bits per heavy atom. The van der Waals surface area contributed by atoms with Crippen molar-refractivity contribution in [1.82, 2.24) is 29.9 Å². The molecule has 0 bridgehead atoms. The zero-order chi connectivity index (χ0) is 21.3. The van der Waals surface area contributed by atoms with Crippen LogP contribution in [0.5, 0.6) is 0 Å². The summed E-state index contributed by atoms with van der Waals surface area (Å²) in [4.78, 5) is 30.6. The average Bonchev–Trinajstić information content (AvgIpc) is 3.08. The van der Waals surface area contributed by atoms with Gasteiger partial charge in [-0.2, -0.15) is 5.10 Å². The molecule has 0 aromatic carbocycles. The molecule has 168 valence electrons. The Labute approximate surface area is 177 Å². The lowest BCUT2D eigenvalue weighted by atomic mass is 10.1. The molecule has 1 aromatic rings. The topological polar surface area (TPSA) is 106 Å². The summed E-state index contributed by atoms with van der Waals surface area (Å²) in [5, 5.41) is 11.2. The number of nitrogens with one attached hydrogen (secondary N) is 2. The number of ether oxygens (including phenoxy) is 1. The first kappa shape index (κ1) is 22.2. The van der Waals surface area contributed by atoms with Gasteiger partial charge in [0.15, 0.2) is 5.96 Å². The third-order valence-corrected chi connectivity index (χ3v) is 5.54. The molecule has 10 nitrogen and oxygen atoms in total. The highest BCUT2D eigenvalue weighted by atomic mass is 16.6. The number of carbonyl (C=O) groups excluding carboxylic acids is 1. The normalized spacial score (nSPS) is 17.5. The van der Waals surface area contributed by atoms with Crippen LogP contribution in [-0.2, 0) is 24.2 Å². The molecule has 1 fully saturated rings. The van der Waals surface area contributed by atoms with Crippen molar-refractivity contribution in [3.63, 3.8) is 0 Å². The van der Waals surface area contributed by atoms with Gasteiger partial charge in [-0.15, -0.1) is 0 Å². The van der Waals surface area contributed by atoms with Gasteiger partial charge in [-0.25, -0.2) is 14.3 Å². The van der Waals surface area contributed by atoms with Gasteiger partial charge in [-0.05, 0) is 46.0 Å². The summed E-state index contributed by atoms with van der Waals surface area (Å²) in [6.45, 7) is 8.40. The van der Waals surface area contributed by atoms with Gasteiger partial charge in [0.05, 0.1) is 6.61 Å². The van der Waals surface area contributed by atoms with E-state index < -0.39 is 0 Å². The van der Waals surface area contributed by atoms with Crippen LogP contribution in [0.15, 0.2) is 9.79 Å². The summed E-state index contributed by atoms with van der Waals surface area (Å²) in [7, 11) is 0. The molecule has 3 rings (SSSR count). The quantitative estimate of drug-likeness (QED) is 0.386. The number of fused-ring (bicyclic) bond motifs is 1. The molecule has 0 aliphatic carbocycles. The fourth-order valence-electron chi connectivity index (χ4n) is 3.94. The molecule has 1 amide bonds. The average molecular weight is 422 g/mol. The smallest absolute Gasteiger partial charge is 0.409 e. The molecule has 0 atom stereocenters. The summed E-state index contributed by atoms with van der Waals surface area (Å²) in [5.41, 5.74) is 0.00655. The predicted molar refractivity (Wildman–Crippen MR) is 115 cm³/mol. The van der Waals surface area contributed by atoms with Crippen molar-refractivity contribution in [3.05, 3.63) is 16.3 Å². The Hall–Kier alpha value is -2.52. The fourth-order valence-corrected chi connectivity index (χ4v) is 3.94. The number of hydrogen-bond donors (Lipinski definition) is 2. The first-order chi connectivity index (χ1) is 14.6. The van der Waals surface area contributed by atoms with Crippen molar-refractivity contribution in [2.75, 3.05) is 32.8 Å². The second-order valence-corrected chi connectivity index (χ2v) is 7.75. The molecule has 3 heterocycles. The minimum Gasteiger partial charge on any atom is -0.450 e. The van der Waals surface area contributed by atoms with E-state index in [9.17, 15) is 9.59 Å². The second kappa shape index (κ2) is 11.0. The van der Waals surface area contributed by atoms with Crippen LogP contribution in [0.25, 0.3) is 0 Å². The van der Waals surface area contributed by atoms with E-state index in [1.165, 1.54) is 0 Å². The zero-order valence-electron chi connectivity index (χ0n) is 18.2. The molecule has 2 aliphatic heterocycles. The highest BCUT2D eigenvalue weighted by molar-refractivity contribution is 5.80. The highest BCUT2D eigenvalue weighted by Gasteiger charge is 2.24. The zero-order valence-corrected chi connectivity index (χ0v) is 18.2. The van der Waals surface area contributed by atoms with Crippen LogP contribution in [0.4, 0.5) is 4.79 Å². The van der Waals surface area contributed by atoms with Crippen molar-refractivity contribution >= 4 is 12.1 Å². The standard InChI is InChI=1S/C20H35N7O3/c1-3-21-18(23-16-9-14-25(15-10-16)20(29)30-4-2)22-11-7-13-27-19(28)26-12-6-5-8-17(26)24-27/h16H,3-15H2,1-2H3,(H2,21,22,23). The van der Waals surface area contributed by atoms with Crippen LogP contribution >= 0.6 is 0 Å². The molecule has 10 heteroatoms. The summed E-state index contributed by atoms with van der Waals surface area (Å²) < 4.78 is 8.46. The van der Waals surface area contributed by atoms with Crippen molar-refractivity contribution < 1.29 is 9.53 Å². The van der Waals surface area contributed by atoms with Gasteiger partial charge in [0.25, 0.3) is 0 Å². The van der Waals surface area contributed by atoms with E-state index in [0.29, 0.717) is 32.8 Å². The third-order valence-electron chi connectivity index (χ3n) is 5.54. The first-order valence-corrected chi connectivity index (χ1v) is 11.3. The maximum Gasteiger partial charge on any atom is 0.409 e. The minimum absolute atomic E-state index is 0.00655. The predicted octanol–water partition coefficient (Wildman–Crippen LogP) is 0.947. The first-order valence-electron chi connectivity index (χ1n) is 11.3. The van der Waals surface area contributed by atoms with Gasteiger partial charge < -0.3 is 20.3 Å². The Bertz CT molecular complexity index is 778. The number of amides is 1. The summed E-state index contributed by atoms with van der Waals surface area (Å²) in [6.07, 6.45) is 5.31. The van der Waals surface area contributed by atoms with Crippen molar-refractivity contribution in [2.45, 2.75) is 71.5 Å². The van der Waals surface area contributed by atoms with Crippen LogP contribution in [0.1, 0.15) is 51.8 Å². The van der Waals surface area contributed by atoms with Gasteiger partial charge in [-0.1, -0.05) is 0 Å². The number of aliphatic imine (C=N–C) groups is 1. The van der Waals surface area contributed by atoms with E-state index in [2.05, 4.69) is 20.7 Å². The van der Waals surface area contributed by atoms with Gasteiger partial charge in [0.2, 0.25) is 0 Å². The molecule has 0 spiro atoms. The lowest BCUT2D eigenvalue weighted by molar-refractivity contribution is 0.0963. The lowest BCUT2D eigenvalue weighted by Crippen LogP contribution is -2.50. The number of aromatic nitrogens is 3. The minimum atomic E-state index is -0.229. The molecule has 30 heavy (non-hydrogen) atoms. The van der Waals surface area contributed by atoms with Crippen molar-refractivity contribution in [2.24, 2.45) is 4.99 Å². The molecule has 1 saturated heterocycles. The monoisotopic (exact) mass is 421 g/mol. The Balaban J connectivity index is 1.45. The fraction of sp³-hybridized carbons (Fsp3) is 0.800. The third kappa shape index (κ3) is 5.76. The van der Waals surface area contributed by atoms with E-state index >= 15 is 0 Å². The Morgan fingerprint density at radius 3 is 2.73 bits per heavy atom. The Kier molecular flexibility index (Phi) is 8.15.